The minimum Gasteiger partial charge on any atom is -0.497 e. The van der Waals surface area contributed by atoms with Crippen LogP contribution in [0.15, 0.2) is 48.0 Å². The Morgan fingerprint density at radius 3 is 2.43 bits per heavy atom. The average Bonchev–Trinajstić information content (AvgIpc) is 2.57. The van der Waals surface area contributed by atoms with Crippen LogP contribution in [0, 0.1) is 0 Å². The smallest absolute Gasteiger partial charge is 0.189 e. The summed E-state index contributed by atoms with van der Waals surface area (Å²) in [5, 5.41) is 0. The first-order chi connectivity index (χ1) is 11.1. The standard InChI is InChI=1S/C20H21NO2/c1-21(2)17-8-4-14(5-9-17)12-16-7-6-15-13-18(23-3)10-11-19(15)20(16)22/h4-5,8-13H,6-7H2,1-3H3/b16-12-. The molecule has 0 spiro atoms. The Balaban J connectivity index is 1.88. The lowest BCUT2D eigenvalue weighted by Gasteiger charge is -2.18. The second kappa shape index (κ2) is 6.29. The van der Waals surface area contributed by atoms with E-state index in [1.54, 1.807) is 7.11 Å². The van der Waals surface area contributed by atoms with Gasteiger partial charge in [0.05, 0.1) is 7.11 Å². The number of carbonyl (C=O) groups excluding carboxylic acids is 1. The molecule has 118 valence electrons. The van der Waals surface area contributed by atoms with E-state index in [0.717, 1.165) is 46.5 Å². The van der Waals surface area contributed by atoms with E-state index in [2.05, 4.69) is 29.2 Å². The lowest BCUT2D eigenvalue weighted by atomic mass is 9.86. The van der Waals surface area contributed by atoms with Gasteiger partial charge in [0.15, 0.2) is 5.78 Å². The molecular weight excluding hydrogens is 286 g/mol. The normalized spacial score (nSPS) is 15.4. The van der Waals surface area contributed by atoms with Crippen LogP contribution in [0.25, 0.3) is 6.08 Å². The molecule has 0 saturated carbocycles. The van der Waals surface area contributed by atoms with Gasteiger partial charge in [-0.15, -0.1) is 0 Å². The third kappa shape index (κ3) is 3.14. The van der Waals surface area contributed by atoms with Crippen molar-refractivity contribution >= 4 is 17.5 Å². The number of carbonyl (C=O) groups is 1. The van der Waals surface area contributed by atoms with Crippen LogP contribution in [0.4, 0.5) is 5.69 Å². The molecule has 0 atom stereocenters. The minimum absolute atomic E-state index is 0.130. The van der Waals surface area contributed by atoms with Gasteiger partial charge in [-0.25, -0.2) is 0 Å². The van der Waals surface area contributed by atoms with Crippen molar-refractivity contribution in [1.29, 1.82) is 0 Å². The summed E-state index contributed by atoms with van der Waals surface area (Å²) < 4.78 is 5.24. The zero-order chi connectivity index (χ0) is 16.4. The van der Waals surface area contributed by atoms with E-state index >= 15 is 0 Å². The number of methoxy groups -OCH3 is 1. The van der Waals surface area contributed by atoms with Crippen LogP contribution in [0.3, 0.4) is 0 Å². The summed E-state index contributed by atoms with van der Waals surface area (Å²) in [6.45, 7) is 0. The van der Waals surface area contributed by atoms with Gasteiger partial charge >= 0.3 is 0 Å². The molecule has 0 aliphatic heterocycles. The van der Waals surface area contributed by atoms with E-state index in [0.29, 0.717) is 0 Å². The third-order valence-electron chi connectivity index (χ3n) is 4.26. The van der Waals surface area contributed by atoms with Crippen molar-refractivity contribution in [2.24, 2.45) is 0 Å². The van der Waals surface area contributed by atoms with Crippen LogP contribution in [0.2, 0.25) is 0 Å². The number of nitrogens with zero attached hydrogens (tertiary/aromatic N) is 1. The molecule has 0 unspecified atom stereocenters. The van der Waals surface area contributed by atoms with Crippen molar-refractivity contribution in [3.05, 3.63) is 64.7 Å². The molecule has 0 heterocycles. The molecule has 3 rings (SSSR count). The van der Waals surface area contributed by atoms with Crippen molar-refractivity contribution in [2.75, 3.05) is 26.1 Å². The molecule has 23 heavy (non-hydrogen) atoms. The molecule has 0 radical (unpaired) electrons. The number of hydrogen-bond acceptors (Lipinski definition) is 3. The molecule has 0 bridgehead atoms. The van der Waals surface area contributed by atoms with Crippen LogP contribution >= 0.6 is 0 Å². The molecule has 0 amide bonds. The highest BCUT2D eigenvalue weighted by molar-refractivity contribution is 6.13. The van der Waals surface area contributed by atoms with E-state index in [-0.39, 0.29) is 5.78 Å². The van der Waals surface area contributed by atoms with E-state index in [4.69, 9.17) is 4.74 Å². The van der Waals surface area contributed by atoms with Gasteiger partial charge in [-0.2, -0.15) is 0 Å². The molecule has 0 N–H and O–H groups in total. The molecule has 1 aliphatic rings. The third-order valence-corrected chi connectivity index (χ3v) is 4.26. The van der Waals surface area contributed by atoms with E-state index in [1.807, 2.05) is 38.4 Å². The molecule has 3 heteroatoms. The van der Waals surface area contributed by atoms with Gasteiger partial charge < -0.3 is 9.64 Å². The maximum atomic E-state index is 12.7. The van der Waals surface area contributed by atoms with E-state index in [1.165, 1.54) is 0 Å². The maximum Gasteiger partial charge on any atom is 0.189 e. The summed E-state index contributed by atoms with van der Waals surface area (Å²) in [6, 6.07) is 13.9. The first kappa shape index (κ1) is 15.3. The number of rotatable bonds is 3. The van der Waals surface area contributed by atoms with Crippen LogP contribution < -0.4 is 9.64 Å². The molecule has 0 saturated heterocycles. The second-order valence-corrected chi connectivity index (χ2v) is 6.01. The monoisotopic (exact) mass is 307 g/mol. The number of allylic oxidation sites excluding steroid dienone is 1. The summed E-state index contributed by atoms with van der Waals surface area (Å²) in [5.74, 6) is 0.939. The summed E-state index contributed by atoms with van der Waals surface area (Å²) in [5.41, 5.74) is 4.97. The van der Waals surface area contributed by atoms with Gasteiger partial charge in [-0.05, 0) is 60.4 Å². The number of aryl methyl sites for hydroxylation is 1. The average molecular weight is 307 g/mol. The number of fused-ring (bicyclic) bond motifs is 1. The highest BCUT2D eigenvalue weighted by atomic mass is 16.5. The molecule has 0 aromatic heterocycles. The Kier molecular flexibility index (Phi) is 4.20. The quantitative estimate of drug-likeness (QED) is 0.804. The topological polar surface area (TPSA) is 29.5 Å². The van der Waals surface area contributed by atoms with Crippen LogP contribution in [0.1, 0.15) is 27.9 Å². The van der Waals surface area contributed by atoms with Crippen molar-refractivity contribution in [3.63, 3.8) is 0 Å². The van der Waals surface area contributed by atoms with Gasteiger partial charge in [0, 0.05) is 30.9 Å². The first-order valence-corrected chi connectivity index (χ1v) is 7.78. The molecule has 0 fully saturated rings. The molecule has 1 aliphatic carbocycles. The fourth-order valence-corrected chi connectivity index (χ4v) is 2.89. The molecule has 3 nitrogen and oxygen atoms in total. The van der Waals surface area contributed by atoms with Gasteiger partial charge in [0.1, 0.15) is 5.75 Å². The highest BCUT2D eigenvalue weighted by Crippen LogP contribution is 2.29. The maximum absolute atomic E-state index is 12.7. The van der Waals surface area contributed by atoms with Gasteiger partial charge in [-0.3, -0.25) is 4.79 Å². The predicted octanol–water partition coefficient (Wildman–Crippen LogP) is 3.97. The predicted molar refractivity (Wildman–Crippen MR) is 94.4 cm³/mol. The Morgan fingerprint density at radius 2 is 1.78 bits per heavy atom. The number of anilines is 1. The Bertz CT molecular complexity index is 758. The fourth-order valence-electron chi connectivity index (χ4n) is 2.89. The zero-order valence-electron chi connectivity index (χ0n) is 13.8. The SMILES string of the molecule is COc1ccc2c(c1)CC/C(=C/c1ccc(N(C)C)cc1)C2=O. The van der Waals surface area contributed by atoms with Crippen molar-refractivity contribution < 1.29 is 9.53 Å². The van der Waals surface area contributed by atoms with Crippen LogP contribution in [-0.2, 0) is 6.42 Å². The van der Waals surface area contributed by atoms with Gasteiger partial charge in [-0.1, -0.05) is 12.1 Å². The summed E-state index contributed by atoms with van der Waals surface area (Å²) >= 11 is 0. The van der Waals surface area contributed by atoms with Crippen molar-refractivity contribution in [1.82, 2.24) is 0 Å². The van der Waals surface area contributed by atoms with Crippen LogP contribution in [0.5, 0.6) is 5.75 Å². The fraction of sp³-hybridized carbons (Fsp3) is 0.250. The van der Waals surface area contributed by atoms with Crippen molar-refractivity contribution in [2.45, 2.75) is 12.8 Å². The van der Waals surface area contributed by atoms with E-state index < -0.39 is 0 Å². The largest absolute Gasteiger partial charge is 0.497 e. The Morgan fingerprint density at radius 1 is 1.04 bits per heavy atom. The number of benzene rings is 2. The van der Waals surface area contributed by atoms with Crippen molar-refractivity contribution in [3.8, 4) is 5.75 Å². The number of ether oxygens (including phenoxy) is 1. The Labute approximate surface area is 137 Å². The lowest BCUT2D eigenvalue weighted by molar-refractivity contribution is 0.102. The minimum atomic E-state index is 0.130. The lowest BCUT2D eigenvalue weighted by Crippen LogP contribution is -2.14. The zero-order valence-corrected chi connectivity index (χ0v) is 13.8. The summed E-state index contributed by atoms with van der Waals surface area (Å²) in [4.78, 5) is 14.7. The number of ketones is 1. The van der Waals surface area contributed by atoms with Gasteiger partial charge in [0.2, 0.25) is 0 Å². The van der Waals surface area contributed by atoms with E-state index in [9.17, 15) is 4.79 Å². The second-order valence-electron chi connectivity index (χ2n) is 6.01. The van der Waals surface area contributed by atoms with Crippen LogP contribution in [-0.4, -0.2) is 27.0 Å². The summed E-state index contributed by atoms with van der Waals surface area (Å²) in [7, 11) is 5.68. The molecular formula is C20H21NO2. The first-order valence-electron chi connectivity index (χ1n) is 7.78. The van der Waals surface area contributed by atoms with Gasteiger partial charge in [0.25, 0.3) is 0 Å². The number of hydrogen-bond donors (Lipinski definition) is 0. The molecule has 2 aromatic carbocycles. The Hall–Kier alpha value is -2.55. The highest BCUT2D eigenvalue weighted by Gasteiger charge is 2.22. The summed E-state index contributed by atoms with van der Waals surface area (Å²) in [6.07, 6.45) is 3.66. The number of Topliss-reactive ketones (excluding diaryl/α,β-unsaturated/α-hetero) is 1. The molecule has 2 aromatic rings.